The van der Waals surface area contributed by atoms with Gasteiger partial charge in [-0.15, -0.1) is 0 Å². The smallest absolute Gasteiger partial charge is 0.236 e. The largest absolute Gasteiger partial charge is 0.497 e. The van der Waals surface area contributed by atoms with Crippen molar-refractivity contribution in [2.45, 2.75) is 25.4 Å². The molecule has 0 bridgehead atoms. The van der Waals surface area contributed by atoms with Crippen molar-refractivity contribution in [3.63, 3.8) is 0 Å². The third-order valence-electron chi connectivity index (χ3n) is 4.99. The Morgan fingerprint density at radius 2 is 1.96 bits per heavy atom. The lowest BCUT2D eigenvalue weighted by molar-refractivity contribution is -0.131. The second-order valence-electron chi connectivity index (χ2n) is 6.74. The van der Waals surface area contributed by atoms with Gasteiger partial charge in [0, 0.05) is 24.1 Å². The summed E-state index contributed by atoms with van der Waals surface area (Å²) in [5, 5.41) is 0. The molecule has 2 aromatic carbocycles. The third kappa shape index (κ3) is 4.46. The van der Waals surface area contributed by atoms with Crippen molar-refractivity contribution in [2.24, 2.45) is 0 Å². The minimum absolute atomic E-state index is 0.154. The van der Waals surface area contributed by atoms with Gasteiger partial charge in [-0.3, -0.25) is 9.69 Å². The molecule has 4 nitrogen and oxygen atoms in total. The Bertz CT molecular complexity index is 748. The highest BCUT2D eigenvalue weighted by molar-refractivity contribution is 9.10. The molecule has 1 aliphatic rings. The Hall–Kier alpha value is -1.85. The van der Waals surface area contributed by atoms with Crippen molar-refractivity contribution in [3.05, 3.63) is 64.1 Å². The number of benzene rings is 2. The topological polar surface area (TPSA) is 32.8 Å². The number of likely N-dealkylation sites (N-methyl/N-ethyl adjacent to an activating group) is 1. The summed E-state index contributed by atoms with van der Waals surface area (Å²) in [4.78, 5) is 16.8. The van der Waals surface area contributed by atoms with E-state index in [2.05, 4.69) is 33.0 Å². The molecule has 0 unspecified atom stereocenters. The van der Waals surface area contributed by atoms with Crippen LogP contribution in [0.2, 0.25) is 0 Å². The molecule has 138 valence electrons. The molecule has 5 heteroatoms. The first-order chi connectivity index (χ1) is 12.6. The quantitative estimate of drug-likeness (QED) is 0.705. The van der Waals surface area contributed by atoms with Crippen molar-refractivity contribution < 1.29 is 9.53 Å². The molecule has 1 saturated heterocycles. The molecule has 0 aliphatic carbocycles. The molecule has 1 atom stereocenters. The predicted octanol–water partition coefficient (Wildman–Crippen LogP) is 4.25. The van der Waals surface area contributed by atoms with Gasteiger partial charge in [-0.1, -0.05) is 46.3 Å². The lowest BCUT2D eigenvalue weighted by atomic mass is 10.0. The zero-order chi connectivity index (χ0) is 18.5. The van der Waals surface area contributed by atoms with Gasteiger partial charge < -0.3 is 9.64 Å². The van der Waals surface area contributed by atoms with Crippen molar-refractivity contribution >= 4 is 21.8 Å². The number of likely N-dealkylation sites (tertiary alicyclic amines) is 1. The van der Waals surface area contributed by atoms with Crippen LogP contribution >= 0.6 is 15.9 Å². The summed E-state index contributed by atoms with van der Waals surface area (Å²) in [7, 11) is 3.55. The van der Waals surface area contributed by atoms with Crippen LogP contribution in [0.3, 0.4) is 0 Å². The van der Waals surface area contributed by atoms with Gasteiger partial charge in [0.1, 0.15) is 5.75 Å². The van der Waals surface area contributed by atoms with E-state index in [9.17, 15) is 4.79 Å². The molecular weight excluding hydrogens is 392 g/mol. The maximum Gasteiger partial charge on any atom is 0.236 e. The molecule has 2 aromatic rings. The van der Waals surface area contributed by atoms with E-state index in [1.807, 2.05) is 48.3 Å². The van der Waals surface area contributed by atoms with E-state index < -0.39 is 0 Å². The van der Waals surface area contributed by atoms with E-state index in [1.165, 1.54) is 5.56 Å². The van der Waals surface area contributed by atoms with Crippen LogP contribution in [0.4, 0.5) is 0 Å². The van der Waals surface area contributed by atoms with Gasteiger partial charge >= 0.3 is 0 Å². The lowest BCUT2D eigenvalue weighted by Gasteiger charge is -2.27. The van der Waals surface area contributed by atoms with Gasteiger partial charge in [0.05, 0.1) is 13.7 Å². The molecular formula is C21H25BrN2O2. The lowest BCUT2D eigenvalue weighted by Crippen LogP contribution is -2.37. The Morgan fingerprint density at radius 1 is 1.23 bits per heavy atom. The molecule has 1 heterocycles. The van der Waals surface area contributed by atoms with Gasteiger partial charge in [-0.25, -0.2) is 0 Å². The fraction of sp³-hybridized carbons (Fsp3) is 0.381. The number of ether oxygens (including phenoxy) is 1. The van der Waals surface area contributed by atoms with Gasteiger partial charge in [0.2, 0.25) is 5.91 Å². The van der Waals surface area contributed by atoms with Crippen LogP contribution in [-0.4, -0.2) is 43.0 Å². The maximum atomic E-state index is 12.7. The summed E-state index contributed by atoms with van der Waals surface area (Å²) in [5.74, 6) is 1.02. The number of methoxy groups -OCH3 is 1. The molecule has 26 heavy (non-hydrogen) atoms. The molecule has 1 aliphatic heterocycles. The van der Waals surface area contributed by atoms with E-state index in [1.54, 1.807) is 7.11 Å². The van der Waals surface area contributed by atoms with Crippen LogP contribution in [0.15, 0.2) is 53.0 Å². The van der Waals surface area contributed by atoms with Gasteiger partial charge in [0.25, 0.3) is 0 Å². The number of hydrogen-bond acceptors (Lipinski definition) is 3. The highest BCUT2D eigenvalue weighted by atomic mass is 79.9. The summed E-state index contributed by atoms with van der Waals surface area (Å²) in [5.41, 5.74) is 2.38. The number of halogens is 1. The second kappa shape index (κ2) is 8.69. The minimum atomic E-state index is 0.154. The number of amides is 1. The summed E-state index contributed by atoms with van der Waals surface area (Å²) in [6, 6.07) is 16.5. The van der Waals surface area contributed by atoms with Gasteiger partial charge in [-0.2, -0.15) is 0 Å². The molecule has 0 spiro atoms. The predicted molar refractivity (Wildman–Crippen MR) is 107 cm³/mol. The summed E-state index contributed by atoms with van der Waals surface area (Å²) in [6.45, 7) is 2.03. The fourth-order valence-electron chi connectivity index (χ4n) is 3.48. The van der Waals surface area contributed by atoms with Crippen LogP contribution in [-0.2, 0) is 11.3 Å². The molecule has 0 aromatic heterocycles. The minimum Gasteiger partial charge on any atom is -0.497 e. The van der Waals surface area contributed by atoms with Gasteiger partial charge in [0.15, 0.2) is 0 Å². The number of rotatable bonds is 6. The van der Waals surface area contributed by atoms with Crippen LogP contribution in [0.1, 0.15) is 30.0 Å². The van der Waals surface area contributed by atoms with Crippen molar-refractivity contribution in [2.75, 3.05) is 27.2 Å². The molecule has 0 saturated carbocycles. The van der Waals surface area contributed by atoms with E-state index in [4.69, 9.17) is 4.74 Å². The zero-order valence-electron chi connectivity index (χ0n) is 15.3. The van der Waals surface area contributed by atoms with E-state index in [0.29, 0.717) is 19.1 Å². The molecule has 0 N–H and O–H groups in total. The fourth-order valence-corrected chi connectivity index (χ4v) is 3.89. The number of carbonyl (C=O) groups is 1. The van der Waals surface area contributed by atoms with Crippen LogP contribution in [0.25, 0.3) is 0 Å². The first-order valence-corrected chi connectivity index (χ1v) is 9.73. The Kier molecular flexibility index (Phi) is 6.33. The van der Waals surface area contributed by atoms with Crippen LogP contribution in [0, 0.1) is 0 Å². The molecule has 3 rings (SSSR count). The Balaban J connectivity index is 1.62. The number of carbonyl (C=O) groups excluding carboxylic acids is 1. The van der Waals surface area contributed by atoms with E-state index >= 15 is 0 Å². The summed E-state index contributed by atoms with van der Waals surface area (Å²) in [6.07, 6.45) is 2.21. The molecule has 0 radical (unpaired) electrons. The zero-order valence-corrected chi connectivity index (χ0v) is 16.9. The second-order valence-corrected chi connectivity index (χ2v) is 7.60. The maximum absolute atomic E-state index is 12.7. The average Bonchev–Trinajstić information content (AvgIpc) is 3.11. The summed E-state index contributed by atoms with van der Waals surface area (Å²) >= 11 is 3.56. The third-order valence-corrected chi connectivity index (χ3v) is 5.77. The SMILES string of the molecule is COc1ccc([C@@H]2CCCN2CC(=O)N(C)Cc2ccccc2Br)cc1. The number of hydrogen-bond donors (Lipinski definition) is 0. The molecule has 1 amide bonds. The average molecular weight is 417 g/mol. The normalized spacial score (nSPS) is 17.3. The monoisotopic (exact) mass is 416 g/mol. The van der Waals surface area contributed by atoms with E-state index in [-0.39, 0.29) is 5.91 Å². The van der Waals surface area contributed by atoms with Crippen LogP contribution < -0.4 is 4.74 Å². The highest BCUT2D eigenvalue weighted by Crippen LogP contribution is 2.32. The highest BCUT2D eigenvalue weighted by Gasteiger charge is 2.28. The Morgan fingerprint density at radius 3 is 2.65 bits per heavy atom. The van der Waals surface area contributed by atoms with E-state index in [0.717, 1.165) is 35.2 Å². The standard InChI is InChI=1S/C21H25BrN2O2/c1-23(14-17-6-3-4-7-19(17)22)21(25)15-24-13-5-8-20(24)16-9-11-18(26-2)12-10-16/h3-4,6-7,9-12,20H,5,8,13-15H2,1-2H3/t20-/m0/s1. The molecule has 1 fully saturated rings. The Labute approximate surface area is 163 Å². The van der Waals surface area contributed by atoms with Crippen LogP contribution in [0.5, 0.6) is 5.75 Å². The number of nitrogens with zero attached hydrogens (tertiary/aromatic N) is 2. The first kappa shape index (κ1) is 18.9. The summed E-state index contributed by atoms with van der Waals surface area (Å²) < 4.78 is 6.28. The first-order valence-electron chi connectivity index (χ1n) is 8.94. The van der Waals surface area contributed by atoms with Gasteiger partial charge in [-0.05, 0) is 48.7 Å². The van der Waals surface area contributed by atoms with Crippen molar-refractivity contribution in [1.82, 2.24) is 9.80 Å². The van der Waals surface area contributed by atoms with Crippen molar-refractivity contribution in [3.8, 4) is 5.75 Å². The van der Waals surface area contributed by atoms with Crippen molar-refractivity contribution in [1.29, 1.82) is 0 Å².